The number of nitro groups is 1. The Morgan fingerprint density at radius 2 is 1.89 bits per heavy atom. The fraction of sp³-hybridized carbons (Fsp3) is 0.321. The second-order valence-electron chi connectivity index (χ2n) is 9.84. The highest BCUT2D eigenvalue weighted by Crippen LogP contribution is 2.58. The molecule has 38 heavy (non-hydrogen) atoms. The van der Waals surface area contributed by atoms with E-state index in [2.05, 4.69) is 5.32 Å². The lowest BCUT2D eigenvalue weighted by molar-refractivity contribution is -0.534. The second kappa shape index (κ2) is 9.45. The summed E-state index contributed by atoms with van der Waals surface area (Å²) in [5, 5.41) is 16.6. The number of nitrogens with one attached hydrogen (secondary N) is 1. The highest BCUT2D eigenvalue weighted by atomic mass is 35.5. The van der Waals surface area contributed by atoms with Crippen molar-refractivity contribution in [2.24, 2.45) is 0 Å². The first kappa shape index (κ1) is 25.0. The number of amides is 1. The summed E-state index contributed by atoms with van der Waals surface area (Å²) in [6, 6.07) is 16.6. The molecule has 0 aromatic heterocycles. The Labute approximate surface area is 229 Å². The molecule has 196 valence electrons. The quantitative estimate of drug-likeness (QED) is 0.313. The van der Waals surface area contributed by atoms with Crippen molar-refractivity contribution in [3.05, 3.63) is 97.5 Å². The number of carbonyl (C=O) groups is 1. The van der Waals surface area contributed by atoms with Crippen molar-refractivity contribution in [2.45, 2.75) is 43.0 Å². The number of nitrogens with zero attached hydrogens (tertiary/aromatic N) is 2. The molecule has 1 spiro atoms. The average molecular weight is 554 g/mol. The number of rotatable bonds is 6. The summed E-state index contributed by atoms with van der Waals surface area (Å²) >= 11 is 13.0. The van der Waals surface area contributed by atoms with Gasteiger partial charge in [-0.25, -0.2) is 0 Å². The third-order valence-corrected chi connectivity index (χ3v) is 8.71. The van der Waals surface area contributed by atoms with E-state index in [9.17, 15) is 14.9 Å². The highest BCUT2D eigenvalue weighted by molar-refractivity contribution is 6.32. The van der Waals surface area contributed by atoms with Gasteiger partial charge in [0.15, 0.2) is 17.0 Å². The largest absolute Gasteiger partial charge is 0.493 e. The molecule has 6 rings (SSSR count). The molecule has 2 saturated heterocycles. The molecule has 4 atom stereocenters. The second-order valence-corrected chi connectivity index (χ2v) is 10.7. The van der Waals surface area contributed by atoms with Crippen LogP contribution in [0.1, 0.15) is 35.4 Å². The smallest absolute Gasteiger partial charge is 0.256 e. The van der Waals surface area contributed by atoms with Crippen LogP contribution in [0.4, 0.5) is 5.69 Å². The summed E-state index contributed by atoms with van der Waals surface area (Å²) in [4.78, 5) is 28.2. The van der Waals surface area contributed by atoms with Gasteiger partial charge in [-0.2, -0.15) is 0 Å². The zero-order chi connectivity index (χ0) is 26.6. The zero-order valence-electron chi connectivity index (χ0n) is 20.5. The van der Waals surface area contributed by atoms with Crippen LogP contribution in [-0.4, -0.2) is 41.5 Å². The molecule has 3 aliphatic heterocycles. The fourth-order valence-corrected chi connectivity index (χ4v) is 7.08. The molecule has 3 heterocycles. The minimum atomic E-state index is -1.40. The average Bonchev–Trinajstić information content (AvgIpc) is 3.57. The van der Waals surface area contributed by atoms with Crippen LogP contribution in [0.15, 0.2) is 60.7 Å². The number of fused-ring (bicyclic) bond motifs is 4. The molecule has 2 fully saturated rings. The normalized spacial score (nSPS) is 25.8. The van der Waals surface area contributed by atoms with E-state index in [1.54, 1.807) is 24.3 Å². The predicted molar refractivity (Wildman–Crippen MR) is 144 cm³/mol. The number of ether oxygens (including phenoxy) is 2. The highest BCUT2D eigenvalue weighted by Gasteiger charge is 2.73. The van der Waals surface area contributed by atoms with Gasteiger partial charge in [0.2, 0.25) is 0 Å². The fourth-order valence-electron chi connectivity index (χ4n) is 6.61. The van der Waals surface area contributed by atoms with E-state index in [-0.39, 0.29) is 28.5 Å². The van der Waals surface area contributed by atoms with Crippen LogP contribution in [0.5, 0.6) is 11.5 Å². The lowest BCUT2D eigenvalue weighted by atomic mass is 9.77. The Kier molecular flexibility index (Phi) is 6.21. The van der Waals surface area contributed by atoms with Crippen LogP contribution >= 0.6 is 23.2 Å². The number of benzene rings is 3. The number of hydrogen-bond acceptors (Lipinski definition) is 6. The van der Waals surface area contributed by atoms with Crippen LogP contribution in [0.3, 0.4) is 0 Å². The van der Waals surface area contributed by atoms with Gasteiger partial charge in [0, 0.05) is 39.3 Å². The van der Waals surface area contributed by atoms with Gasteiger partial charge in [0.25, 0.3) is 11.9 Å². The van der Waals surface area contributed by atoms with Gasteiger partial charge in [-0.3, -0.25) is 19.8 Å². The lowest BCUT2D eigenvalue weighted by Crippen LogP contribution is -2.55. The number of halogens is 2. The molecular formula is C28H25Cl2N3O5. The van der Waals surface area contributed by atoms with E-state index in [1.165, 1.54) is 7.11 Å². The summed E-state index contributed by atoms with van der Waals surface area (Å²) < 4.78 is 11.7. The van der Waals surface area contributed by atoms with Crippen molar-refractivity contribution in [3.8, 4) is 11.5 Å². The van der Waals surface area contributed by atoms with Crippen LogP contribution < -0.4 is 14.8 Å². The third-order valence-electron chi connectivity index (χ3n) is 8.06. The van der Waals surface area contributed by atoms with Gasteiger partial charge in [-0.05, 0) is 42.7 Å². The van der Waals surface area contributed by atoms with Gasteiger partial charge in [0.1, 0.15) is 6.61 Å². The summed E-state index contributed by atoms with van der Waals surface area (Å²) in [5.74, 6) is -0.250. The zero-order valence-corrected chi connectivity index (χ0v) is 22.0. The first-order valence-corrected chi connectivity index (χ1v) is 13.2. The Hall–Kier alpha value is -3.33. The Morgan fingerprint density at radius 1 is 1.13 bits per heavy atom. The van der Waals surface area contributed by atoms with E-state index in [4.69, 9.17) is 32.7 Å². The summed E-state index contributed by atoms with van der Waals surface area (Å²) in [6.07, 6.45) is 1.57. The monoisotopic (exact) mass is 553 g/mol. The third kappa shape index (κ3) is 3.58. The van der Waals surface area contributed by atoms with Crippen LogP contribution in [-0.2, 0) is 16.9 Å². The topological polar surface area (TPSA) is 93.9 Å². The number of hydrogen-bond donors (Lipinski definition) is 1. The van der Waals surface area contributed by atoms with E-state index >= 15 is 0 Å². The molecular weight excluding hydrogens is 529 g/mol. The molecule has 0 aliphatic carbocycles. The number of carbonyl (C=O) groups excluding carboxylic acids is 1. The van der Waals surface area contributed by atoms with Crippen LogP contribution in [0.25, 0.3) is 0 Å². The maximum atomic E-state index is 13.6. The molecule has 0 saturated carbocycles. The number of anilines is 1. The van der Waals surface area contributed by atoms with Crippen molar-refractivity contribution >= 4 is 34.8 Å². The minimum absolute atomic E-state index is 0.173. The molecule has 3 aromatic carbocycles. The van der Waals surface area contributed by atoms with E-state index < -0.39 is 17.5 Å². The summed E-state index contributed by atoms with van der Waals surface area (Å²) in [5.41, 5.74) is 1.30. The van der Waals surface area contributed by atoms with Gasteiger partial charge < -0.3 is 14.8 Å². The standard InChI is InChI=1S/C28H25Cl2N3O5/c1-37-23-14-17(13-20(30)25(23)38-15-16-7-2-4-9-19(16)29)24-22-11-6-12-32(22)28(26(24)33(35)36)18-8-3-5-10-21(18)31-27(28)34/h2-5,7-10,13-14,22,24,26H,6,11-12,15H2,1H3,(H,31,34)/t22-,24+,26+,28-/m0/s1. The SMILES string of the molecule is COc1cc([C@@H]2[C@@H]3CCCN3[C@]3(C(=O)Nc4ccccc43)[C@@H]2[N+](=O)[O-])cc(Cl)c1OCc1ccccc1Cl. The molecule has 0 radical (unpaired) electrons. The maximum absolute atomic E-state index is 13.6. The molecule has 10 heteroatoms. The van der Waals surface area contributed by atoms with Crippen molar-refractivity contribution in [2.75, 3.05) is 19.0 Å². The molecule has 1 N–H and O–H groups in total. The first-order chi connectivity index (χ1) is 18.4. The number of methoxy groups -OCH3 is 1. The van der Waals surface area contributed by atoms with E-state index in [1.807, 2.05) is 41.3 Å². The van der Waals surface area contributed by atoms with Gasteiger partial charge >= 0.3 is 0 Å². The maximum Gasteiger partial charge on any atom is 0.256 e. The van der Waals surface area contributed by atoms with E-state index in [0.717, 1.165) is 18.4 Å². The molecule has 1 amide bonds. The Balaban J connectivity index is 1.44. The van der Waals surface area contributed by atoms with Gasteiger partial charge in [0.05, 0.1) is 18.1 Å². The Bertz CT molecular complexity index is 1450. The molecule has 8 nitrogen and oxygen atoms in total. The van der Waals surface area contributed by atoms with E-state index in [0.29, 0.717) is 39.9 Å². The Morgan fingerprint density at radius 3 is 2.66 bits per heavy atom. The van der Waals surface area contributed by atoms with Crippen molar-refractivity contribution in [1.29, 1.82) is 0 Å². The van der Waals surface area contributed by atoms with Gasteiger partial charge in [-0.15, -0.1) is 0 Å². The predicted octanol–water partition coefficient (Wildman–Crippen LogP) is 5.64. The lowest BCUT2D eigenvalue weighted by Gasteiger charge is -2.32. The van der Waals surface area contributed by atoms with Gasteiger partial charge in [-0.1, -0.05) is 59.6 Å². The first-order valence-electron chi connectivity index (χ1n) is 12.4. The summed E-state index contributed by atoms with van der Waals surface area (Å²) in [7, 11) is 1.50. The minimum Gasteiger partial charge on any atom is -0.493 e. The molecule has 0 bridgehead atoms. The molecule has 3 aromatic rings. The van der Waals surface area contributed by atoms with Crippen molar-refractivity contribution < 1.29 is 19.2 Å². The number of para-hydroxylation sites is 1. The molecule has 3 aliphatic rings. The van der Waals surface area contributed by atoms with Crippen molar-refractivity contribution in [3.63, 3.8) is 0 Å². The van der Waals surface area contributed by atoms with Crippen LogP contribution in [0.2, 0.25) is 10.0 Å². The van der Waals surface area contributed by atoms with Crippen LogP contribution in [0, 0.1) is 10.1 Å². The molecule has 0 unspecified atom stereocenters. The van der Waals surface area contributed by atoms with Crippen molar-refractivity contribution in [1.82, 2.24) is 4.90 Å². The summed E-state index contributed by atoms with van der Waals surface area (Å²) in [6.45, 7) is 0.768.